The van der Waals surface area contributed by atoms with E-state index in [2.05, 4.69) is 112 Å². The van der Waals surface area contributed by atoms with Gasteiger partial charge in [-0.05, 0) is 78.8 Å². The Morgan fingerprint density at radius 1 is 0.844 bits per heavy atom. The third-order valence-corrected chi connectivity index (χ3v) is 7.32. The molecule has 5 rings (SSSR count). The molecule has 1 saturated carbocycles. The van der Waals surface area contributed by atoms with Crippen LogP contribution in [0.15, 0.2) is 54.9 Å². The normalized spacial score (nSPS) is 15.4. The molecule has 0 radical (unpaired) electrons. The maximum absolute atomic E-state index is 2.54. The smallest absolute Gasteiger partial charge is 0.0486 e. The van der Waals surface area contributed by atoms with E-state index in [-0.39, 0.29) is 10.8 Å². The predicted molar refractivity (Wildman–Crippen MR) is 138 cm³/mol. The Labute approximate surface area is 193 Å². The maximum Gasteiger partial charge on any atom is 0.0486 e. The molecule has 2 heteroatoms. The number of benzene rings is 2. The molecule has 0 N–H and O–H groups in total. The Morgan fingerprint density at radius 3 is 2.22 bits per heavy atom. The van der Waals surface area contributed by atoms with Crippen molar-refractivity contribution in [1.82, 2.24) is 9.13 Å². The molecule has 0 atom stereocenters. The molecule has 1 aliphatic rings. The Bertz CT molecular complexity index is 1290. The predicted octanol–water partition coefficient (Wildman–Crippen LogP) is 8.33. The van der Waals surface area contributed by atoms with E-state index in [0.717, 1.165) is 6.42 Å². The molecular weight excluding hydrogens is 388 g/mol. The van der Waals surface area contributed by atoms with Crippen LogP contribution >= 0.6 is 0 Å². The van der Waals surface area contributed by atoms with Crippen molar-refractivity contribution in [3.63, 3.8) is 0 Å². The summed E-state index contributed by atoms with van der Waals surface area (Å²) >= 11 is 0. The number of fused-ring (bicyclic) bond motifs is 2. The van der Waals surface area contributed by atoms with Gasteiger partial charge in [0.25, 0.3) is 0 Å². The summed E-state index contributed by atoms with van der Waals surface area (Å²) in [6.07, 6.45) is 8.52. The molecular formula is C30H38N2. The lowest BCUT2D eigenvalue weighted by molar-refractivity contribution is 0.520. The summed E-state index contributed by atoms with van der Waals surface area (Å²) in [5.74, 6) is 0. The topological polar surface area (TPSA) is 9.86 Å². The molecule has 168 valence electrons. The summed E-state index contributed by atoms with van der Waals surface area (Å²) < 4.78 is 4.98. The van der Waals surface area contributed by atoms with E-state index in [4.69, 9.17) is 0 Å². The van der Waals surface area contributed by atoms with Gasteiger partial charge in [-0.15, -0.1) is 0 Å². The van der Waals surface area contributed by atoms with Crippen LogP contribution in [0.2, 0.25) is 0 Å². The van der Waals surface area contributed by atoms with Crippen LogP contribution in [0.25, 0.3) is 21.8 Å². The van der Waals surface area contributed by atoms with E-state index in [1.54, 1.807) is 0 Å². The molecule has 2 aromatic carbocycles. The van der Waals surface area contributed by atoms with Crippen molar-refractivity contribution in [3.8, 4) is 0 Å². The van der Waals surface area contributed by atoms with Crippen molar-refractivity contribution in [2.75, 3.05) is 0 Å². The standard InChI is InChI=1S/C30H38N2/c1-20(2)31-19-26(23-10-8-9-11-27(23)31)30(6,7)17-21-12-15-28-24(16-21)25(29(3,4)5)18-32(28)22-13-14-22/h8-12,15-16,18-20,22H,13-14,17H2,1-7H3. The first kappa shape index (κ1) is 21.4. The highest BCUT2D eigenvalue weighted by Crippen LogP contribution is 2.42. The van der Waals surface area contributed by atoms with Gasteiger partial charge in [0, 0.05) is 46.3 Å². The van der Waals surface area contributed by atoms with Crippen molar-refractivity contribution in [2.24, 2.45) is 0 Å². The zero-order chi connectivity index (χ0) is 22.8. The van der Waals surface area contributed by atoms with E-state index in [0.29, 0.717) is 12.1 Å². The molecule has 0 aliphatic heterocycles. The van der Waals surface area contributed by atoms with Crippen LogP contribution < -0.4 is 0 Å². The SMILES string of the molecule is CC(C)n1cc(C(C)(C)Cc2ccc3c(c2)c(C(C)(C)C)cn3C2CC2)c2ccccc21. The molecule has 2 nitrogen and oxygen atoms in total. The average Bonchev–Trinajstić information content (AvgIpc) is 3.35. The zero-order valence-electron chi connectivity index (χ0n) is 20.9. The highest BCUT2D eigenvalue weighted by atomic mass is 15.0. The third kappa shape index (κ3) is 3.58. The second-order valence-corrected chi connectivity index (χ2v) is 11.9. The molecule has 0 amide bonds. The van der Waals surface area contributed by atoms with Gasteiger partial charge < -0.3 is 9.13 Å². The van der Waals surface area contributed by atoms with Crippen LogP contribution in [0.5, 0.6) is 0 Å². The van der Waals surface area contributed by atoms with Gasteiger partial charge in [0.15, 0.2) is 0 Å². The average molecular weight is 427 g/mol. The fourth-order valence-corrected chi connectivity index (χ4v) is 5.44. The number of nitrogens with zero attached hydrogens (tertiary/aromatic N) is 2. The fourth-order valence-electron chi connectivity index (χ4n) is 5.44. The van der Waals surface area contributed by atoms with E-state index >= 15 is 0 Å². The lowest BCUT2D eigenvalue weighted by atomic mass is 9.78. The van der Waals surface area contributed by atoms with E-state index in [1.807, 2.05) is 0 Å². The zero-order valence-corrected chi connectivity index (χ0v) is 20.9. The molecule has 4 aromatic rings. The lowest BCUT2D eigenvalue weighted by Gasteiger charge is -2.25. The summed E-state index contributed by atoms with van der Waals surface area (Å²) in [5.41, 5.74) is 7.32. The second-order valence-electron chi connectivity index (χ2n) is 11.9. The first-order valence-corrected chi connectivity index (χ1v) is 12.3. The van der Waals surface area contributed by atoms with Crippen molar-refractivity contribution in [2.45, 2.75) is 90.6 Å². The quantitative estimate of drug-likeness (QED) is 0.303. The van der Waals surface area contributed by atoms with Crippen molar-refractivity contribution in [1.29, 1.82) is 0 Å². The Balaban J connectivity index is 1.58. The van der Waals surface area contributed by atoms with Crippen LogP contribution in [0.1, 0.15) is 90.1 Å². The molecule has 1 aliphatic carbocycles. The van der Waals surface area contributed by atoms with E-state index in [1.165, 1.54) is 51.3 Å². The molecule has 32 heavy (non-hydrogen) atoms. The van der Waals surface area contributed by atoms with Gasteiger partial charge in [0.05, 0.1) is 0 Å². The highest BCUT2D eigenvalue weighted by Gasteiger charge is 2.30. The monoisotopic (exact) mass is 426 g/mol. The van der Waals surface area contributed by atoms with Crippen LogP contribution in [0.3, 0.4) is 0 Å². The van der Waals surface area contributed by atoms with Gasteiger partial charge in [0.1, 0.15) is 0 Å². The van der Waals surface area contributed by atoms with Crippen LogP contribution in [0.4, 0.5) is 0 Å². The second kappa shape index (κ2) is 7.27. The minimum atomic E-state index is 0.0500. The number of aromatic nitrogens is 2. The van der Waals surface area contributed by atoms with Crippen molar-refractivity contribution >= 4 is 21.8 Å². The summed E-state index contributed by atoms with van der Waals surface area (Å²) in [4.78, 5) is 0. The Morgan fingerprint density at radius 2 is 1.56 bits per heavy atom. The van der Waals surface area contributed by atoms with Crippen LogP contribution in [-0.4, -0.2) is 9.13 Å². The summed E-state index contributed by atoms with van der Waals surface area (Å²) in [6.45, 7) is 16.4. The van der Waals surface area contributed by atoms with Gasteiger partial charge in [0.2, 0.25) is 0 Å². The van der Waals surface area contributed by atoms with Gasteiger partial charge in [-0.25, -0.2) is 0 Å². The van der Waals surface area contributed by atoms with E-state index < -0.39 is 0 Å². The van der Waals surface area contributed by atoms with Crippen molar-refractivity contribution in [3.05, 3.63) is 71.5 Å². The third-order valence-electron chi connectivity index (χ3n) is 7.32. The number of hydrogen-bond acceptors (Lipinski definition) is 0. The van der Waals surface area contributed by atoms with Gasteiger partial charge in [-0.3, -0.25) is 0 Å². The minimum absolute atomic E-state index is 0.0500. The van der Waals surface area contributed by atoms with Crippen LogP contribution in [0, 0.1) is 0 Å². The van der Waals surface area contributed by atoms with Gasteiger partial charge in [-0.2, -0.15) is 0 Å². The molecule has 2 heterocycles. The number of rotatable bonds is 5. The minimum Gasteiger partial charge on any atom is -0.345 e. The first-order chi connectivity index (χ1) is 15.1. The highest BCUT2D eigenvalue weighted by molar-refractivity contribution is 5.87. The molecule has 0 unspecified atom stereocenters. The maximum atomic E-state index is 2.54. The molecule has 2 aromatic heterocycles. The largest absolute Gasteiger partial charge is 0.345 e. The summed E-state index contributed by atoms with van der Waals surface area (Å²) in [5, 5.41) is 2.84. The molecule has 0 spiro atoms. The Kier molecular flexibility index (Phi) is 4.85. The summed E-state index contributed by atoms with van der Waals surface area (Å²) in [7, 11) is 0. The molecule has 0 saturated heterocycles. The number of hydrogen-bond donors (Lipinski definition) is 0. The van der Waals surface area contributed by atoms with Crippen molar-refractivity contribution < 1.29 is 0 Å². The molecule has 1 fully saturated rings. The van der Waals surface area contributed by atoms with Gasteiger partial charge >= 0.3 is 0 Å². The van der Waals surface area contributed by atoms with Crippen LogP contribution in [-0.2, 0) is 17.3 Å². The van der Waals surface area contributed by atoms with Gasteiger partial charge in [-0.1, -0.05) is 58.9 Å². The molecule has 0 bridgehead atoms. The first-order valence-electron chi connectivity index (χ1n) is 12.3. The number of para-hydroxylation sites is 1. The fraction of sp³-hybridized carbons (Fsp3) is 0.467. The Hall–Kier alpha value is -2.48. The van der Waals surface area contributed by atoms with E-state index in [9.17, 15) is 0 Å². The summed E-state index contributed by atoms with van der Waals surface area (Å²) in [6, 6.07) is 17.3. The lowest BCUT2D eigenvalue weighted by Crippen LogP contribution is -2.20.